The summed E-state index contributed by atoms with van der Waals surface area (Å²) in [4.78, 5) is 23.1. The van der Waals surface area contributed by atoms with Crippen LogP contribution in [-0.2, 0) is 0 Å². The number of carbonyl (C=O) groups is 1. The van der Waals surface area contributed by atoms with Gasteiger partial charge in [0.1, 0.15) is 11.5 Å². The molecule has 2 heterocycles. The topological polar surface area (TPSA) is 76.6 Å². The average molecular weight is 328 g/mol. The Morgan fingerprint density at radius 1 is 1.04 bits per heavy atom. The maximum absolute atomic E-state index is 12.4. The lowest BCUT2D eigenvalue weighted by atomic mass is 10.2. The van der Waals surface area contributed by atoms with E-state index in [1.54, 1.807) is 44.8 Å². The van der Waals surface area contributed by atoms with Crippen LogP contribution in [-0.4, -0.2) is 43.2 Å². The van der Waals surface area contributed by atoms with Crippen LogP contribution >= 0.6 is 0 Å². The van der Waals surface area contributed by atoms with E-state index < -0.39 is 0 Å². The molecule has 126 valence electrons. The van der Waals surface area contributed by atoms with Crippen molar-refractivity contribution in [3.05, 3.63) is 36.2 Å². The molecule has 1 N–H and O–H groups in total. The number of nitrogens with one attached hydrogen (secondary N) is 1. The first kappa shape index (κ1) is 16.0. The van der Waals surface area contributed by atoms with E-state index in [-0.39, 0.29) is 5.91 Å². The highest BCUT2D eigenvalue weighted by Crippen LogP contribution is 2.26. The summed E-state index contributed by atoms with van der Waals surface area (Å²) in [6, 6.07) is 5.18. The second kappa shape index (κ2) is 7.16. The van der Waals surface area contributed by atoms with Gasteiger partial charge in [-0.05, 0) is 12.8 Å². The lowest BCUT2D eigenvalue weighted by Gasteiger charge is -2.14. The van der Waals surface area contributed by atoms with Crippen molar-refractivity contribution >= 4 is 17.5 Å². The SMILES string of the molecule is COc1cc(NC(=O)c2cnc(N3CCCC3)nc2)cc(OC)c1. The Hall–Kier alpha value is -2.83. The van der Waals surface area contributed by atoms with Gasteiger partial charge in [-0.2, -0.15) is 0 Å². The van der Waals surface area contributed by atoms with E-state index >= 15 is 0 Å². The maximum Gasteiger partial charge on any atom is 0.258 e. The molecule has 7 heteroatoms. The minimum atomic E-state index is -0.279. The van der Waals surface area contributed by atoms with E-state index in [2.05, 4.69) is 20.2 Å². The first-order valence-electron chi connectivity index (χ1n) is 7.81. The zero-order valence-electron chi connectivity index (χ0n) is 13.8. The number of carbonyl (C=O) groups excluding carboxylic acids is 1. The summed E-state index contributed by atoms with van der Waals surface area (Å²) in [6.07, 6.45) is 5.41. The lowest BCUT2D eigenvalue weighted by molar-refractivity contribution is 0.102. The Balaban J connectivity index is 1.72. The van der Waals surface area contributed by atoms with Crippen molar-refractivity contribution in [2.75, 3.05) is 37.5 Å². The molecule has 24 heavy (non-hydrogen) atoms. The predicted octanol–water partition coefficient (Wildman–Crippen LogP) is 2.35. The molecular formula is C17H20N4O3. The van der Waals surface area contributed by atoms with Crippen molar-refractivity contribution < 1.29 is 14.3 Å². The smallest absolute Gasteiger partial charge is 0.258 e. The minimum Gasteiger partial charge on any atom is -0.497 e. The van der Waals surface area contributed by atoms with Crippen molar-refractivity contribution in [3.8, 4) is 11.5 Å². The standard InChI is InChI=1S/C17H20N4O3/c1-23-14-7-13(8-15(9-14)24-2)20-16(22)12-10-18-17(19-11-12)21-5-3-4-6-21/h7-11H,3-6H2,1-2H3,(H,20,22). The van der Waals surface area contributed by atoms with Crippen LogP contribution in [0.15, 0.2) is 30.6 Å². The number of benzene rings is 1. The molecule has 1 aliphatic heterocycles. The van der Waals surface area contributed by atoms with Crippen LogP contribution in [0.5, 0.6) is 11.5 Å². The summed E-state index contributed by atoms with van der Waals surface area (Å²) in [5, 5.41) is 2.80. The summed E-state index contributed by atoms with van der Waals surface area (Å²) in [5.41, 5.74) is 0.986. The Morgan fingerprint density at radius 3 is 2.17 bits per heavy atom. The molecule has 0 atom stereocenters. The first-order chi connectivity index (χ1) is 11.7. The summed E-state index contributed by atoms with van der Waals surface area (Å²) >= 11 is 0. The number of rotatable bonds is 5. The predicted molar refractivity (Wildman–Crippen MR) is 91.0 cm³/mol. The van der Waals surface area contributed by atoms with Gasteiger partial charge in [-0.3, -0.25) is 4.79 Å². The number of hydrogen-bond donors (Lipinski definition) is 1. The van der Waals surface area contributed by atoms with Crippen LogP contribution in [0.1, 0.15) is 23.2 Å². The molecule has 1 fully saturated rings. The highest BCUT2D eigenvalue weighted by molar-refractivity contribution is 6.04. The summed E-state index contributed by atoms with van der Waals surface area (Å²) in [7, 11) is 3.12. The fourth-order valence-corrected chi connectivity index (χ4v) is 2.60. The number of hydrogen-bond acceptors (Lipinski definition) is 6. The van der Waals surface area contributed by atoms with E-state index in [1.807, 2.05) is 0 Å². The lowest BCUT2D eigenvalue weighted by Crippen LogP contribution is -2.21. The Bertz CT molecular complexity index is 690. The largest absolute Gasteiger partial charge is 0.497 e. The van der Waals surface area contributed by atoms with Gasteiger partial charge in [0, 0.05) is 49.4 Å². The van der Waals surface area contributed by atoms with Gasteiger partial charge in [0.25, 0.3) is 5.91 Å². The van der Waals surface area contributed by atoms with Gasteiger partial charge in [-0.15, -0.1) is 0 Å². The molecule has 1 amide bonds. The third-order valence-electron chi connectivity index (χ3n) is 3.90. The van der Waals surface area contributed by atoms with Crippen LogP contribution in [0.2, 0.25) is 0 Å². The van der Waals surface area contributed by atoms with Gasteiger partial charge in [-0.25, -0.2) is 9.97 Å². The summed E-state index contributed by atoms with van der Waals surface area (Å²) in [5.74, 6) is 1.60. The van der Waals surface area contributed by atoms with Gasteiger partial charge in [0.2, 0.25) is 5.95 Å². The molecule has 1 aliphatic rings. The molecule has 1 aromatic heterocycles. The van der Waals surface area contributed by atoms with E-state index in [0.717, 1.165) is 25.9 Å². The molecule has 0 aliphatic carbocycles. The first-order valence-corrected chi connectivity index (χ1v) is 7.81. The monoisotopic (exact) mass is 328 g/mol. The number of nitrogens with zero attached hydrogens (tertiary/aromatic N) is 3. The van der Waals surface area contributed by atoms with Crippen LogP contribution in [0.4, 0.5) is 11.6 Å². The second-order valence-electron chi connectivity index (χ2n) is 5.52. The van der Waals surface area contributed by atoms with Gasteiger partial charge in [0.15, 0.2) is 0 Å². The molecule has 3 rings (SSSR count). The molecule has 7 nitrogen and oxygen atoms in total. The van der Waals surface area contributed by atoms with Gasteiger partial charge in [-0.1, -0.05) is 0 Å². The fourth-order valence-electron chi connectivity index (χ4n) is 2.60. The van der Waals surface area contributed by atoms with Gasteiger partial charge >= 0.3 is 0 Å². The summed E-state index contributed by atoms with van der Waals surface area (Å²) in [6.45, 7) is 1.93. The number of aromatic nitrogens is 2. The Kier molecular flexibility index (Phi) is 4.79. The zero-order chi connectivity index (χ0) is 16.9. The fraction of sp³-hybridized carbons (Fsp3) is 0.353. The van der Waals surface area contributed by atoms with Crippen LogP contribution < -0.4 is 19.7 Å². The van der Waals surface area contributed by atoms with E-state index in [1.165, 1.54) is 0 Å². The molecule has 1 saturated heterocycles. The van der Waals surface area contributed by atoms with Crippen LogP contribution in [0.25, 0.3) is 0 Å². The molecule has 0 radical (unpaired) electrons. The highest BCUT2D eigenvalue weighted by Gasteiger charge is 2.16. The second-order valence-corrected chi connectivity index (χ2v) is 5.52. The molecule has 0 bridgehead atoms. The number of ether oxygens (including phenoxy) is 2. The highest BCUT2D eigenvalue weighted by atomic mass is 16.5. The Morgan fingerprint density at radius 2 is 1.62 bits per heavy atom. The molecule has 0 saturated carbocycles. The summed E-state index contributed by atoms with van der Waals surface area (Å²) < 4.78 is 10.4. The Labute approximate surface area is 140 Å². The molecular weight excluding hydrogens is 308 g/mol. The van der Waals surface area contributed by atoms with Crippen LogP contribution in [0.3, 0.4) is 0 Å². The van der Waals surface area contributed by atoms with Crippen molar-refractivity contribution in [2.45, 2.75) is 12.8 Å². The van der Waals surface area contributed by atoms with Crippen molar-refractivity contribution in [1.82, 2.24) is 9.97 Å². The van der Waals surface area contributed by atoms with E-state index in [9.17, 15) is 4.79 Å². The normalized spacial score (nSPS) is 13.7. The molecule has 0 unspecified atom stereocenters. The molecule has 1 aromatic carbocycles. The number of anilines is 2. The van der Waals surface area contributed by atoms with Gasteiger partial charge < -0.3 is 19.7 Å². The van der Waals surface area contributed by atoms with E-state index in [4.69, 9.17) is 9.47 Å². The molecule has 2 aromatic rings. The average Bonchev–Trinajstić information content (AvgIpc) is 3.16. The quantitative estimate of drug-likeness (QED) is 0.908. The van der Waals surface area contributed by atoms with Crippen molar-refractivity contribution in [1.29, 1.82) is 0 Å². The number of amides is 1. The maximum atomic E-state index is 12.4. The number of methoxy groups -OCH3 is 2. The molecule has 0 spiro atoms. The van der Waals surface area contributed by atoms with Crippen molar-refractivity contribution in [3.63, 3.8) is 0 Å². The third kappa shape index (κ3) is 3.56. The third-order valence-corrected chi connectivity index (χ3v) is 3.90. The van der Waals surface area contributed by atoms with Crippen molar-refractivity contribution in [2.24, 2.45) is 0 Å². The minimum absolute atomic E-state index is 0.279. The zero-order valence-corrected chi connectivity index (χ0v) is 13.8. The van der Waals surface area contributed by atoms with Gasteiger partial charge in [0.05, 0.1) is 19.8 Å². The van der Waals surface area contributed by atoms with E-state index in [0.29, 0.717) is 28.7 Å². The van der Waals surface area contributed by atoms with Crippen LogP contribution in [0, 0.1) is 0 Å².